The van der Waals surface area contributed by atoms with Gasteiger partial charge in [0.05, 0.1) is 0 Å². The molecular formula is C16H20O3S. The van der Waals surface area contributed by atoms with Crippen LogP contribution < -0.4 is 5.63 Å². The summed E-state index contributed by atoms with van der Waals surface area (Å²) in [6, 6.07) is 9.29. The van der Waals surface area contributed by atoms with Gasteiger partial charge in [-0.2, -0.15) is 0 Å². The van der Waals surface area contributed by atoms with Crippen molar-refractivity contribution in [3.63, 3.8) is 0 Å². The quantitative estimate of drug-likeness (QED) is 0.569. The van der Waals surface area contributed by atoms with Crippen LogP contribution in [0.15, 0.2) is 44.4 Å². The summed E-state index contributed by atoms with van der Waals surface area (Å²) in [4.78, 5) is 12.7. The van der Waals surface area contributed by atoms with E-state index in [4.69, 9.17) is 9.15 Å². The van der Waals surface area contributed by atoms with Crippen molar-refractivity contribution in [1.82, 2.24) is 0 Å². The van der Waals surface area contributed by atoms with Crippen molar-refractivity contribution < 1.29 is 9.15 Å². The molecule has 0 fully saturated rings. The van der Waals surface area contributed by atoms with Crippen LogP contribution in [0.2, 0.25) is 0 Å². The summed E-state index contributed by atoms with van der Waals surface area (Å²) >= 11 is 1.76. The Morgan fingerprint density at radius 2 is 2.10 bits per heavy atom. The molecule has 0 saturated carbocycles. The van der Waals surface area contributed by atoms with Crippen molar-refractivity contribution >= 4 is 22.7 Å². The monoisotopic (exact) mass is 292 g/mol. The van der Waals surface area contributed by atoms with Crippen molar-refractivity contribution in [2.24, 2.45) is 0 Å². The largest absolute Gasteiger partial charge is 0.423 e. The zero-order chi connectivity index (χ0) is 14.4. The van der Waals surface area contributed by atoms with Gasteiger partial charge in [-0.05, 0) is 18.9 Å². The SMILES string of the molecule is CCCC(CCOC)Sc1cc(=O)oc2ccccc12. The lowest BCUT2D eigenvalue weighted by molar-refractivity contribution is 0.193. The molecule has 0 aliphatic carbocycles. The van der Waals surface area contributed by atoms with E-state index in [2.05, 4.69) is 6.92 Å². The van der Waals surface area contributed by atoms with Gasteiger partial charge in [0.2, 0.25) is 0 Å². The fourth-order valence-corrected chi connectivity index (χ4v) is 3.58. The summed E-state index contributed by atoms with van der Waals surface area (Å²) in [6.07, 6.45) is 3.23. The van der Waals surface area contributed by atoms with Crippen molar-refractivity contribution in [3.8, 4) is 0 Å². The second kappa shape index (κ2) is 7.50. The third-order valence-electron chi connectivity index (χ3n) is 3.16. The normalized spacial score (nSPS) is 12.7. The first-order chi connectivity index (χ1) is 9.74. The Labute approximate surface area is 123 Å². The number of hydrogen-bond donors (Lipinski definition) is 0. The van der Waals surface area contributed by atoms with Gasteiger partial charge in [0.1, 0.15) is 5.58 Å². The van der Waals surface area contributed by atoms with E-state index in [0.717, 1.165) is 36.2 Å². The number of methoxy groups -OCH3 is 1. The van der Waals surface area contributed by atoms with Crippen LogP contribution in [0.5, 0.6) is 0 Å². The van der Waals surface area contributed by atoms with Gasteiger partial charge in [0.25, 0.3) is 0 Å². The lowest BCUT2D eigenvalue weighted by Crippen LogP contribution is -2.07. The van der Waals surface area contributed by atoms with Gasteiger partial charge in [0, 0.05) is 35.3 Å². The summed E-state index contributed by atoms with van der Waals surface area (Å²) in [5.41, 5.74) is 0.373. The van der Waals surface area contributed by atoms with E-state index in [-0.39, 0.29) is 5.63 Å². The molecule has 0 amide bonds. The van der Waals surface area contributed by atoms with E-state index in [0.29, 0.717) is 10.8 Å². The number of thioether (sulfide) groups is 1. The third kappa shape index (κ3) is 3.87. The number of para-hydroxylation sites is 1. The molecule has 0 aliphatic rings. The molecule has 1 unspecified atom stereocenters. The van der Waals surface area contributed by atoms with Crippen molar-refractivity contribution in [2.75, 3.05) is 13.7 Å². The van der Waals surface area contributed by atoms with Gasteiger partial charge in [-0.1, -0.05) is 31.5 Å². The maximum Gasteiger partial charge on any atom is 0.337 e. The topological polar surface area (TPSA) is 39.4 Å². The average molecular weight is 292 g/mol. The summed E-state index contributed by atoms with van der Waals surface area (Å²) in [5.74, 6) is 0. The molecule has 0 radical (unpaired) electrons. The molecule has 1 heterocycles. The number of benzene rings is 1. The second-order valence-electron chi connectivity index (χ2n) is 4.74. The van der Waals surface area contributed by atoms with E-state index in [9.17, 15) is 4.79 Å². The summed E-state index contributed by atoms with van der Waals surface area (Å²) in [6.45, 7) is 2.93. The average Bonchev–Trinajstić information content (AvgIpc) is 2.44. The van der Waals surface area contributed by atoms with E-state index >= 15 is 0 Å². The minimum Gasteiger partial charge on any atom is -0.423 e. The van der Waals surface area contributed by atoms with Crippen LogP contribution in [-0.4, -0.2) is 19.0 Å². The van der Waals surface area contributed by atoms with Gasteiger partial charge in [-0.3, -0.25) is 0 Å². The van der Waals surface area contributed by atoms with E-state index in [1.807, 2.05) is 24.3 Å². The van der Waals surface area contributed by atoms with Crippen molar-refractivity contribution in [3.05, 3.63) is 40.8 Å². The Morgan fingerprint density at radius 3 is 2.85 bits per heavy atom. The molecule has 2 rings (SSSR count). The van der Waals surface area contributed by atoms with E-state index in [1.165, 1.54) is 0 Å². The Balaban J connectivity index is 2.28. The van der Waals surface area contributed by atoms with Gasteiger partial charge in [-0.15, -0.1) is 11.8 Å². The first-order valence-corrected chi connectivity index (χ1v) is 7.81. The second-order valence-corrected chi connectivity index (χ2v) is 6.08. The highest BCUT2D eigenvalue weighted by Gasteiger charge is 2.13. The molecule has 0 N–H and O–H groups in total. The van der Waals surface area contributed by atoms with E-state index < -0.39 is 0 Å². The maximum atomic E-state index is 11.7. The van der Waals surface area contributed by atoms with Gasteiger partial charge in [0.15, 0.2) is 0 Å². The molecule has 4 heteroatoms. The molecule has 0 spiro atoms. The maximum absolute atomic E-state index is 11.7. The standard InChI is InChI=1S/C16H20O3S/c1-3-6-12(9-10-18-2)20-15-11-16(17)19-14-8-5-4-7-13(14)15/h4-5,7-8,11-12H,3,6,9-10H2,1-2H3. The Bertz CT molecular complexity index is 606. The molecule has 1 aromatic carbocycles. The smallest absolute Gasteiger partial charge is 0.337 e. The Morgan fingerprint density at radius 1 is 1.30 bits per heavy atom. The van der Waals surface area contributed by atoms with Crippen LogP contribution in [0, 0.1) is 0 Å². The summed E-state index contributed by atoms with van der Waals surface area (Å²) in [7, 11) is 1.72. The number of fused-ring (bicyclic) bond motifs is 1. The fourth-order valence-electron chi connectivity index (χ4n) is 2.19. The molecule has 1 aromatic heterocycles. The lowest BCUT2D eigenvalue weighted by atomic mass is 10.2. The minimum absolute atomic E-state index is 0.284. The summed E-state index contributed by atoms with van der Waals surface area (Å²) in [5, 5.41) is 1.47. The van der Waals surface area contributed by atoms with Gasteiger partial charge in [-0.25, -0.2) is 4.79 Å². The first-order valence-electron chi connectivity index (χ1n) is 6.93. The third-order valence-corrected chi connectivity index (χ3v) is 4.56. The highest BCUT2D eigenvalue weighted by molar-refractivity contribution is 8.00. The molecule has 20 heavy (non-hydrogen) atoms. The minimum atomic E-state index is -0.284. The molecule has 108 valence electrons. The van der Waals surface area contributed by atoms with Crippen molar-refractivity contribution in [2.45, 2.75) is 36.3 Å². The van der Waals surface area contributed by atoms with Crippen LogP contribution in [0.3, 0.4) is 0 Å². The summed E-state index contributed by atoms with van der Waals surface area (Å²) < 4.78 is 10.4. The highest BCUT2D eigenvalue weighted by atomic mass is 32.2. The molecule has 0 aliphatic heterocycles. The highest BCUT2D eigenvalue weighted by Crippen LogP contribution is 2.32. The predicted octanol–water partition coefficient (Wildman–Crippen LogP) is 4.09. The zero-order valence-electron chi connectivity index (χ0n) is 11.9. The van der Waals surface area contributed by atoms with Crippen LogP contribution in [-0.2, 0) is 4.74 Å². The molecule has 1 atom stereocenters. The number of hydrogen-bond acceptors (Lipinski definition) is 4. The van der Waals surface area contributed by atoms with Crippen LogP contribution in [0.4, 0.5) is 0 Å². The van der Waals surface area contributed by atoms with Gasteiger partial charge >= 0.3 is 5.63 Å². The Hall–Kier alpha value is -1.26. The van der Waals surface area contributed by atoms with Gasteiger partial charge < -0.3 is 9.15 Å². The van der Waals surface area contributed by atoms with Crippen LogP contribution in [0.1, 0.15) is 26.2 Å². The fraction of sp³-hybridized carbons (Fsp3) is 0.438. The molecule has 0 bridgehead atoms. The predicted molar refractivity (Wildman–Crippen MR) is 83.5 cm³/mol. The Kier molecular flexibility index (Phi) is 5.68. The number of rotatable bonds is 7. The van der Waals surface area contributed by atoms with E-state index in [1.54, 1.807) is 24.9 Å². The van der Waals surface area contributed by atoms with Crippen LogP contribution >= 0.6 is 11.8 Å². The molecule has 0 saturated heterocycles. The molecule has 2 aromatic rings. The van der Waals surface area contributed by atoms with Crippen molar-refractivity contribution in [1.29, 1.82) is 0 Å². The number of ether oxygens (including phenoxy) is 1. The van der Waals surface area contributed by atoms with Crippen LogP contribution in [0.25, 0.3) is 11.0 Å². The lowest BCUT2D eigenvalue weighted by Gasteiger charge is -2.16. The molecule has 3 nitrogen and oxygen atoms in total. The first kappa shape index (κ1) is 15.1. The zero-order valence-corrected chi connectivity index (χ0v) is 12.7. The molecular weight excluding hydrogens is 272 g/mol.